The quantitative estimate of drug-likeness (QED) is 0.185. The van der Waals surface area contributed by atoms with Crippen LogP contribution in [0.2, 0.25) is 0 Å². The van der Waals surface area contributed by atoms with Crippen LogP contribution in [0.25, 0.3) is 129 Å². The van der Waals surface area contributed by atoms with Gasteiger partial charge in [-0.15, -0.1) is 22.7 Å². The molecule has 238 valence electrons. The van der Waals surface area contributed by atoms with Crippen LogP contribution in [0, 0.1) is 0 Å². The maximum atomic E-state index is 5.42. The fraction of sp³-hybridized carbons (Fsp3) is 0. The topological polar surface area (TPSA) is 48.0 Å². The van der Waals surface area contributed by atoms with Crippen LogP contribution in [0.3, 0.4) is 0 Å². The van der Waals surface area contributed by atoms with Crippen molar-refractivity contribution >= 4 is 123 Å². The van der Waals surface area contributed by atoms with Crippen LogP contribution in [0.15, 0.2) is 127 Å². The Kier molecular flexibility index (Phi) is 4.52. The maximum Gasteiger partial charge on any atom is 0.238 e. The second-order valence-corrected chi connectivity index (χ2v) is 16.1. The number of fused-ring (bicyclic) bond motifs is 5. The van der Waals surface area contributed by atoms with Crippen molar-refractivity contribution in [1.29, 1.82) is 0 Å². The third-order valence-electron chi connectivity index (χ3n) is 11.4. The number of nitrogens with zero attached hydrogens (tertiary/aromatic N) is 5. The molecular weight excluding hydrogens is 675 g/mol. The zero-order valence-corrected chi connectivity index (χ0v) is 28.8. The lowest BCUT2D eigenvalue weighted by molar-refractivity contribution is 0.955. The summed E-state index contributed by atoms with van der Waals surface area (Å²) in [4.78, 5) is 16.0. The highest BCUT2D eigenvalue weighted by Gasteiger charge is 2.29. The second-order valence-electron chi connectivity index (χ2n) is 13.9. The van der Waals surface area contributed by atoms with Gasteiger partial charge in [0.05, 0.1) is 27.6 Å². The monoisotopic (exact) mass is 695 g/mol. The maximum absolute atomic E-state index is 5.42. The van der Waals surface area contributed by atoms with E-state index in [0.717, 1.165) is 22.2 Å². The van der Waals surface area contributed by atoms with Crippen LogP contribution in [-0.2, 0) is 0 Å². The van der Waals surface area contributed by atoms with Gasteiger partial charge in [-0.25, -0.2) is 4.98 Å². The molecule has 14 aromatic rings. The molecule has 0 aliphatic rings. The molecule has 0 fully saturated rings. The van der Waals surface area contributed by atoms with Crippen molar-refractivity contribution in [3.8, 4) is 28.7 Å². The molecule has 0 N–H and O–H groups in total. The van der Waals surface area contributed by atoms with Crippen molar-refractivity contribution < 1.29 is 0 Å². The van der Waals surface area contributed by atoms with E-state index >= 15 is 0 Å². The van der Waals surface area contributed by atoms with E-state index in [9.17, 15) is 0 Å². The SMILES string of the molecule is c1ccc(-c2nc(-c3cccc4sc5ccccc5c34)nc(-n3c4ccc5sc6ccc7c8cccc9c%10ccc3c3c4c5c6c7n(c89)c%103)n2)cc1. The Labute approximate surface area is 301 Å². The lowest BCUT2D eigenvalue weighted by atomic mass is 10.0. The highest BCUT2D eigenvalue weighted by Crippen LogP contribution is 2.53. The lowest BCUT2D eigenvalue weighted by Crippen LogP contribution is -2.06. The molecule has 0 saturated heterocycles. The average molecular weight is 696 g/mol. The van der Waals surface area contributed by atoms with Crippen molar-refractivity contribution in [3.05, 3.63) is 127 Å². The number of rotatable bonds is 3. The third-order valence-corrected chi connectivity index (χ3v) is 13.7. The first-order chi connectivity index (χ1) is 25.8. The molecule has 0 amide bonds. The van der Waals surface area contributed by atoms with E-state index < -0.39 is 0 Å². The molecule has 0 radical (unpaired) electrons. The Balaban J connectivity index is 1.18. The molecule has 52 heavy (non-hydrogen) atoms. The van der Waals surface area contributed by atoms with E-state index in [4.69, 9.17) is 15.0 Å². The van der Waals surface area contributed by atoms with Gasteiger partial charge in [0, 0.05) is 83.8 Å². The summed E-state index contributed by atoms with van der Waals surface area (Å²) in [7, 11) is 0. The van der Waals surface area contributed by atoms with Gasteiger partial charge in [0.15, 0.2) is 11.6 Å². The second kappa shape index (κ2) is 8.90. The van der Waals surface area contributed by atoms with Crippen LogP contribution in [0.4, 0.5) is 0 Å². The first kappa shape index (κ1) is 26.4. The number of hydrogen-bond acceptors (Lipinski definition) is 5. The van der Waals surface area contributed by atoms with Crippen LogP contribution in [0.5, 0.6) is 0 Å². The Morgan fingerprint density at radius 3 is 1.90 bits per heavy atom. The highest BCUT2D eigenvalue weighted by atomic mass is 32.1. The molecule has 0 aliphatic heterocycles. The summed E-state index contributed by atoms with van der Waals surface area (Å²) in [6, 6.07) is 46.1. The van der Waals surface area contributed by atoms with E-state index in [-0.39, 0.29) is 0 Å². The zero-order valence-electron chi connectivity index (χ0n) is 27.2. The van der Waals surface area contributed by atoms with Crippen LogP contribution >= 0.6 is 22.7 Å². The Hall–Kier alpha value is -6.41. The van der Waals surface area contributed by atoms with Gasteiger partial charge in [0.2, 0.25) is 5.95 Å². The molecule has 0 spiro atoms. The van der Waals surface area contributed by atoms with Gasteiger partial charge in [-0.1, -0.05) is 91.0 Å². The molecule has 0 atom stereocenters. The van der Waals surface area contributed by atoms with Crippen molar-refractivity contribution in [1.82, 2.24) is 23.9 Å². The molecule has 7 aromatic heterocycles. The summed E-state index contributed by atoms with van der Waals surface area (Å²) >= 11 is 3.70. The Morgan fingerprint density at radius 2 is 1.00 bits per heavy atom. The summed E-state index contributed by atoms with van der Waals surface area (Å²) in [5.74, 6) is 1.95. The van der Waals surface area contributed by atoms with Gasteiger partial charge >= 0.3 is 0 Å². The van der Waals surface area contributed by atoms with Gasteiger partial charge in [-0.3, -0.25) is 4.57 Å². The zero-order chi connectivity index (χ0) is 33.4. The highest BCUT2D eigenvalue weighted by molar-refractivity contribution is 7.26. The predicted octanol–water partition coefficient (Wildman–Crippen LogP) is 12.5. The van der Waals surface area contributed by atoms with Gasteiger partial charge in [0.25, 0.3) is 0 Å². The van der Waals surface area contributed by atoms with E-state index in [0.29, 0.717) is 17.6 Å². The van der Waals surface area contributed by atoms with Gasteiger partial charge in [0.1, 0.15) is 0 Å². The Morgan fingerprint density at radius 1 is 0.385 bits per heavy atom. The number of hydrogen-bond donors (Lipinski definition) is 0. The molecule has 7 heteroatoms. The normalized spacial score (nSPS) is 13.0. The van der Waals surface area contributed by atoms with E-state index in [2.05, 4.69) is 118 Å². The number of para-hydroxylation sites is 1. The van der Waals surface area contributed by atoms with Crippen LogP contribution in [0.1, 0.15) is 0 Å². The lowest BCUT2D eigenvalue weighted by Gasteiger charge is -2.12. The molecule has 5 nitrogen and oxygen atoms in total. The molecule has 14 rings (SSSR count). The van der Waals surface area contributed by atoms with Crippen LogP contribution < -0.4 is 0 Å². The summed E-state index contributed by atoms with van der Waals surface area (Å²) in [5.41, 5.74) is 8.11. The molecule has 0 unspecified atom stereocenters. The van der Waals surface area contributed by atoms with Crippen molar-refractivity contribution in [2.24, 2.45) is 0 Å². The molecule has 7 aromatic carbocycles. The minimum Gasteiger partial charge on any atom is -0.307 e. The molecular formula is C45H21N5S2. The van der Waals surface area contributed by atoms with E-state index in [1.807, 2.05) is 40.9 Å². The van der Waals surface area contributed by atoms with Crippen molar-refractivity contribution in [2.45, 2.75) is 0 Å². The largest absolute Gasteiger partial charge is 0.307 e. The third kappa shape index (κ3) is 2.95. The van der Waals surface area contributed by atoms with E-state index in [1.54, 1.807) is 0 Å². The fourth-order valence-electron chi connectivity index (χ4n) is 9.44. The number of thiophene rings is 2. The first-order valence-electron chi connectivity index (χ1n) is 17.5. The molecule has 7 heterocycles. The van der Waals surface area contributed by atoms with Gasteiger partial charge < -0.3 is 4.40 Å². The predicted molar refractivity (Wildman–Crippen MR) is 219 cm³/mol. The standard InChI is InChI=1S/C45H21N5S2/c1-2-8-22(9-3-1)43-46-44(28-13-7-15-32-35(28)27-10-4-5-14-31(27)51-32)48-45(47-43)49-29-19-21-33-38-36(29)37-30(49)18-16-25-23-11-6-12-24-26-17-20-34(52-33)39(38)42(26)50(40(23)24)41(25)37/h1-21H. The average Bonchev–Trinajstić information content (AvgIpc) is 3.98. The van der Waals surface area contributed by atoms with E-state index in [1.165, 1.54) is 89.2 Å². The summed E-state index contributed by atoms with van der Waals surface area (Å²) in [6.45, 7) is 0. The summed E-state index contributed by atoms with van der Waals surface area (Å²) in [5, 5.41) is 12.9. The summed E-state index contributed by atoms with van der Waals surface area (Å²) < 4.78 is 9.99. The fourth-order valence-corrected chi connectivity index (χ4v) is 11.7. The van der Waals surface area contributed by atoms with Gasteiger partial charge in [-0.2, -0.15) is 9.97 Å². The first-order valence-corrected chi connectivity index (χ1v) is 19.1. The number of aromatic nitrogens is 5. The minimum absolute atomic E-state index is 0.623. The van der Waals surface area contributed by atoms with Gasteiger partial charge in [-0.05, 0) is 36.4 Å². The number of benzene rings is 7. The van der Waals surface area contributed by atoms with Crippen molar-refractivity contribution in [2.75, 3.05) is 0 Å². The Bertz CT molecular complexity index is 3750. The molecule has 0 saturated carbocycles. The minimum atomic E-state index is 0.623. The smallest absolute Gasteiger partial charge is 0.238 e. The molecule has 0 aliphatic carbocycles. The summed E-state index contributed by atoms with van der Waals surface area (Å²) in [6.07, 6.45) is 0. The van der Waals surface area contributed by atoms with Crippen LogP contribution in [-0.4, -0.2) is 23.9 Å². The van der Waals surface area contributed by atoms with Crippen molar-refractivity contribution in [3.63, 3.8) is 0 Å². The molecule has 0 bridgehead atoms.